The number of carbonyl (C=O) groups excluding carboxylic acids is 1. The Kier molecular flexibility index (Phi) is 10.7. The lowest BCUT2D eigenvalue weighted by Gasteiger charge is -2.21. The second kappa shape index (κ2) is 12.1. The zero-order valence-electron chi connectivity index (χ0n) is 13.8. The van der Waals surface area contributed by atoms with E-state index in [1.165, 1.54) is 32.1 Å². The van der Waals surface area contributed by atoms with Crippen LogP contribution >= 0.6 is 0 Å². The van der Waals surface area contributed by atoms with Crippen LogP contribution in [-0.4, -0.2) is 44.9 Å². The Morgan fingerprint density at radius 3 is 2.29 bits per heavy atom. The van der Waals surface area contributed by atoms with Crippen molar-refractivity contribution in [1.82, 2.24) is 0 Å². The molecular weight excluding hydrogens is 268 g/mol. The van der Waals surface area contributed by atoms with Gasteiger partial charge in [-0.25, -0.2) is 0 Å². The lowest BCUT2D eigenvalue weighted by molar-refractivity contribution is -0.123. The van der Waals surface area contributed by atoms with Gasteiger partial charge in [-0.15, -0.1) is 0 Å². The Morgan fingerprint density at radius 2 is 1.62 bits per heavy atom. The van der Waals surface area contributed by atoms with Gasteiger partial charge in [0.25, 0.3) is 0 Å². The van der Waals surface area contributed by atoms with Gasteiger partial charge in [0.05, 0.1) is 39.1 Å². The first-order valence-electron chi connectivity index (χ1n) is 8.53. The van der Waals surface area contributed by atoms with E-state index in [0.717, 1.165) is 6.42 Å². The molecule has 0 radical (unpaired) electrons. The van der Waals surface area contributed by atoms with Gasteiger partial charge in [-0.05, 0) is 19.3 Å². The van der Waals surface area contributed by atoms with Gasteiger partial charge in [-0.2, -0.15) is 0 Å². The number of hydrogen-bond donors (Lipinski definition) is 0. The Labute approximate surface area is 129 Å². The molecule has 0 heterocycles. The molecule has 0 bridgehead atoms. The highest BCUT2D eigenvalue weighted by Crippen LogP contribution is 2.19. The van der Waals surface area contributed by atoms with Gasteiger partial charge in [0, 0.05) is 12.3 Å². The van der Waals surface area contributed by atoms with Crippen LogP contribution in [0.3, 0.4) is 0 Å². The first kappa shape index (κ1) is 18.6. The molecule has 124 valence electrons. The van der Waals surface area contributed by atoms with Crippen LogP contribution in [0, 0.1) is 5.92 Å². The first-order valence-corrected chi connectivity index (χ1v) is 8.53. The van der Waals surface area contributed by atoms with Gasteiger partial charge in [0.2, 0.25) is 0 Å². The van der Waals surface area contributed by atoms with Crippen LogP contribution in [0.15, 0.2) is 0 Å². The highest BCUT2D eigenvalue weighted by molar-refractivity contribution is 5.80. The fourth-order valence-corrected chi connectivity index (χ4v) is 2.47. The summed E-state index contributed by atoms with van der Waals surface area (Å²) in [6, 6.07) is 0. The summed E-state index contributed by atoms with van der Waals surface area (Å²) < 4.78 is 16.6. The number of Topliss-reactive ketones (excluding diaryl/α,β-unsaturated/α-hetero) is 1. The quantitative estimate of drug-likeness (QED) is 0.518. The minimum atomic E-state index is 0.154. The molecule has 0 aliphatic heterocycles. The molecule has 0 spiro atoms. The summed E-state index contributed by atoms with van der Waals surface area (Å²) >= 11 is 0. The van der Waals surface area contributed by atoms with Gasteiger partial charge in [0.1, 0.15) is 5.78 Å². The zero-order valence-corrected chi connectivity index (χ0v) is 13.8. The van der Waals surface area contributed by atoms with E-state index in [4.69, 9.17) is 14.2 Å². The van der Waals surface area contributed by atoms with Crippen molar-refractivity contribution >= 4 is 5.78 Å². The van der Waals surface area contributed by atoms with Crippen molar-refractivity contribution in [3.05, 3.63) is 0 Å². The van der Waals surface area contributed by atoms with E-state index in [-0.39, 0.29) is 5.92 Å². The molecule has 1 aliphatic carbocycles. The zero-order chi connectivity index (χ0) is 15.3. The molecule has 4 nitrogen and oxygen atoms in total. The summed E-state index contributed by atoms with van der Waals surface area (Å²) in [4.78, 5) is 11.6. The van der Waals surface area contributed by atoms with Crippen molar-refractivity contribution in [2.75, 3.05) is 33.0 Å². The van der Waals surface area contributed by atoms with Crippen LogP contribution in [0.25, 0.3) is 0 Å². The number of rotatable bonds is 12. The van der Waals surface area contributed by atoms with E-state index >= 15 is 0 Å². The molecular formula is C17H32O4. The van der Waals surface area contributed by atoms with Crippen LogP contribution in [-0.2, 0) is 19.0 Å². The largest absolute Gasteiger partial charge is 0.379 e. The van der Waals surface area contributed by atoms with Gasteiger partial charge in [0.15, 0.2) is 0 Å². The summed E-state index contributed by atoms with van der Waals surface area (Å²) in [5.74, 6) is 0.445. The average molecular weight is 300 g/mol. The van der Waals surface area contributed by atoms with E-state index < -0.39 is 0 Å². The SMILES string of the molecule is CCC(C)C(=O)CCOCCOCCOC1CCCCC1. The Hall–Kier alpha value is -0.450. The smallest absolute Gasteiger partial charge is 0.137 e. The van der Waals surface area contributed by atoms with Crippen molar-refractivity contribution in [2.45, 2.75) is 64.9 Å². The van der Waals surface area contributed by atoms with Gasteiger partial charge in [-0.3, -0.25) is 4.79 Å². The van der Waals surface area contributed by atoms with E-state index in [1.807, 2.05) is 13.8 Å². The third-order valence-corrected chi connectivity index (χ3v) is 4.16. The van der Waals surface area contributed by atoms with E-state index in [0.29, 0.717) is 51.3 Å². The summed E-state index contributed by atoms with van der Waals surface area (Å²) in [7, 11) is 0. The fourth-order valence-electron chi connectivity index (χ4n) is 2.47. The van der Waals surface area contributed by atoms with Crippen LogP contribution in [0.2, 0.25) is 0 Å². The van der Waals surface area contributed by atoms with Crippen LogP contribution in [0.4, 0.5) is 0 Å². The maximum atomic E-state index is 11.6. The highest BCUT2D eigenvalue weighted by atomic mass is 16.5. The average Bonchev–Trinajstić information content (AvgIpc) is 2.53. The monoisotopic (exact) mass is 300 g/mol. The van der Waals surface area contributed by atoms with E-state index in [2.05, 4.69) is 0 Å². The lowest BCUT2D eigenvalue weighted by Crippen LogP contribution is -2.19. The molecule has 1 saturated carbocycles. The molecule has 0 aromatic carbocycles. The summed E-state index contributed by atoms with van der Waals surface area (Å²) in [6.07, 6.45) is 8.23. The van der Waals surface area contributed by atoms with Crippen LogP contribution < -0.4 is 0 Å². The summed E-state index contributed by atoms with van der Waals surface area (Å²) in [5.41, 5.74) is 0. The minimum absolute atomic E-state index is 0.154. The molecule has 1 aliphatic rings. The topological polar surface area (TPSA) is 44.8 Å². The minimum Gasteiger partial charge on any atom is -0.379 e. The number of ether oxygens (including phenoxy) is 3. The predicted octanol–water partition coefficient (Wildman–Crippen LogP) is 3.37. The first-order chi connectivity index (χ1) is 10.2. The molecule has 1 fully saturated rings. The van der Waals surface area contributed by atoms with Crippen molar-refractivity contribution in [2.24, 2.45) is 5.92 Å². The maximum absolute atomic E-state index is 11.6. The van der Waals surface area contributed by atoms with E-state index in [1.54, 1.807) is 0 Å². The molecule has 1 atom stereocenters. The third kappa shape index (κ3) is 9.22. The molecule has 0 saturated heterocycles. The van der Waals surface area contributed by atoms with Crippen LogP contribution in [0.1, 0.15) is 58.8 Å². The predicted molar refractivity (Wildman–Crippen MR) is 83.5 cm³/mol. The molecule has 21 heavy (non-hydrogen) atoms. The van der Waals surface area contributed by atoms with Crippen molar-refractivity contribution < 1.29 is 19.0 Å². The van der Waals surface area contributed by atoms with Gasteiger partial charge < -0.3 is 14.2 Å². The molecule has 0 N–H and O–H groups in total. The van der Waals surface area contributed by atoms with Gasteiger partial charge >= 0.3 is 0 Å². The molecule has 1 rings (SSSR count). The van der Waals surface area contributed by atoms with Crippen molar-refractivity contribution in [1.29, 1.82) is 0 Å². The lowest BCUT2D eigenvalue weighted by atomic mass is 9.98. The summed E-state index contributed by atoms with van der Waals surface area (Å²) in [5, 5.41) is 0. The molecule has 0 aromatic heterocycles. The number of carbonyl (C=O) groups is 1. The van der Waals surface area contributed by atoms with Crippen molar-refractivity contribution in [3.8, 4) is 0 Å². The van der Waals surface area contributed by atoms with Crippen molar-refractivity contribution in [3.63, 3.8) is 0 Å². The second-order valence-corrected chi connectivity index (χ2v) is 5.88. The number of ketones is 1. The normalized spacial score (nSPS) is 17.8. The molecule has 0 amide bonds. The third-order valence-electron chi connectivity index (χ3n) is 4.16. The Bertz CT molecular complexity index is 262. The molecule has 0 aromatic rings. The Balaban J connectivity index is 1.81. The standard InChI is InChI=1S/C17H32O4/c1-3-15(2)17(18)9-10-19-11-12-20-13-14-21-16-7-5-4-6-8-16/h15-16H,3-14H2,1-2H3. The molecule has 1 unspecified atom stereocenters. The fraction of sp³-hybridized carbons (Fsp3) is 0.941. The van der Waals surface area contributed by atoms with Gasteiger partial charge in [-0.1, -0.05) is 33.1 Å². The van der Waals surface area contributed by atoms with Crippen LogP contribution in [0.5, 0.6) is 0 Å². The second-order valence-electron chi connectivity index (χ2n) is 5.88. The number of hydrogen-bond acceptors (Lipinski definition) is 4. The summed E-state index contributed by atoms with van der Waals surface area (Å²) in [6.45, 7) is 6.95. The highest BCUT2D eigenvalue weighted by Gasteiger charge is 2.13. The van der Waals surface area contributed by atoms with E-state index in [9.17, 15) is 4.79 Å². The maximum Gasteiger partial charge on any atom is 0.137 e. The Morgan fingerprint density at radius 1 is 1.00 bits per heavy atom. The molecule has 4 heteroatoms.